The van der Waals surface area contributed by atoms with E-state index in [4.69, 9.17) is 0 Å². The maximum Gasteiger partial charge on any atom is 0.154 e. The van der Waals surface area contributed by atoms with Crippen LogP contribution in [0, 0.1) is 0 Å². The first kappa shape index (κ1) is 15.0. The highest BCUT2D eigenvalue weighted by atomic mass is 79.9. The van der Waals surface area contributed by atoms with Crippen molar-refractivity contribution in [3.05, 3.63) is 27.1 Å². The summed E-state index contributed by atoms with van der Waals surface area (Å²) < 4.78 is 25.1. The fourth-order valence-corrected chi connectivity index (χ4v) is 2.80. The van der Waals surface area contributed by atoms with Gasteiger partial charge in [-0.25, -0.2) is 8.42 Å². The van der Waals surface area contributed by atoms with Crippen LogP contribution in [0.2, 0.25) is 0 Å². The Kier molecular flexibility index (Phi) is 5.47. The summed E-state index contributed by atoms with van der Waals surface area (Å²) in [6.07, 6.45) is 0. The van der Waals surface area contributed by atoms with Crippen LogP contribution in [0.25, 0.3) is 0 Å². The van der Waals surface area contributed by atoms with Crippen molar-refractivity contribution in [2.24, 2.45) is 0 Å². The van der Waals surface area contributed by atoms with Gasteiger partial charge in [-0.1, -0.05) is 15.9 Å². The lowest BCUT2D eigenvalue weighted by molar-refractivity contribution is 0.588. The van der Waals surface area contributed by atoms with Gasteiger partial charge < -0.3 is 5.32 Å². The normalized spacial score (nSPS) is 11.8. The van der Waals surface area contributed by atoms with Gasteiger partial charge >= 0.3 is 0 Å². The number of nitrogens with one attached hydrogen (secondary N) is 1. The van der Waals surface area contributed by atoms with Crippen molar-refractivity contribution in [2.45, 2.75) is 19.1 Å². The molecule has 0 aliphatic carbocycles. The van der Waals surface area contributed by atoms with Crippen molar-refractivity contribution in [2.75, 3.05) is 17.6 Å². The van der Waals surface area contributed by atoms with E-state index in [9.17, 15) is 8.42 Å². The standard InChI is InChI=1S/C11H15Br2NO2S/c1-8(2)17(15,16)6-5-14-11-7-9(12)3-4-10(11)13/h3-4,7-8,14H,5-6H2,1-2H3. The highest BCUT2D eigenvalue weighted by Crippen LogP contribution is 2.25. The van der Waals surface area contributed by atoms with Crippen molar-refractivity contribution in [3.8, 4) is 0 Å². The molecule has 0 aromatic heterocycles. The maximum absolute atomic E-state index is 11.6. The van der Waals surface area contributed by atoms with Crippen molar-refractivity contribution in [3.63, 3.8) is 0 Å². The highest BCUT2D eigenvalue weighted by molar-refractivity contribution is 9.11. The molecule has 0 saturated heterocycles. The van der Waals surface area contributed by atoms with Crippen molar-refractivity contribution in [1.82, 2.24) is 0 Å². The van der Waals surface area contributed by atoms with Crippen LogP contribution in [0.4, 0.5) is 5.69 Å². The SMILES string of the molecule is CC(C)S(=O)(=O)CCNc1cc(Br)ccc1Br. The van der Waals surface area contributed by atoms with E-state index in [1.54, 1.807) is 13.8 Å². The minimum absolute atomic E-state index is 0.142. The van der Waals surface area contributed by atoms with Crippen LogP contribution >= 0.6 is 31.9 Å². The lowest BCUT2D eigenvalue weighted by Gasteiger charge is -2.11. The van der Waals surface area contributed by atoms with Crippen LogP contribution in [0.5, 0.6) is 0 Å². The molecule has 1 aromatic carbocycles. The fourth-order valence-electron chi connectivity index (χ4n) is 1.20. The second kappa shape index (κ2) is 6.20. The summed E-state index contributed by atoms with van der Waals surface area (Å²) in [5, 5.41) is 2.78. The van der Waals surface area contributed by atoms with Crippen LogP contribution in [-0.2, 0) is 9.84 Å². The third kappa shape index (κ3) is 4.60. The van der Waals surface area contributed by atoms with E-state index >= 15 is 0 Å². The lowest BCUT2D eigenvalue weighted by atomic mass is 10.3. The molecule has 6 heteroatoms. The Morgan fingerprint density at radius 2 is 1.94 bits per heavy atom. The molecule has 0 saturated carbocycles. The first-order valence-corrected chi connectivity index (χ1v) is 8.53. The number of rotatable bonds is 5. The molecule has 17 heavy (non-hydrogen) atoms. The minimum Gasteiger partial charge on any atom is -0.383 e. The molecule has 0 amide bonds. The van der Waals surface area contributed by atoms with Crippen molar-refractivity contribution >= 4 is 47.4 Å². The predicted octanol–water partition coefficient (Wildman–Crippen LogP) is 3.45. The molecule has 3 nitrogen and oxygen atoms in total. The zero-order valence-corrected chi connectivity index (χ0v) is 13.7. The van der Waals surface area contributed by atoms with Crippen LogP contribution < -0.4 is 5.32 Å². The van der Waals surface area contributed by atoms with E-state index in [-0.39, 0.29) is 11.0 Å². The van der Waals surface area contributed by atoms with Gasteiger partial charge in [0.2, 0.25) is 0 Å². The number of sulfone groups is 1. The van der Waals surface area contributed by atoms with Gasteiger partial charge in [-0.15, -0.1) is 0 Å². The molecule has 0 aliphatic rings. The van der Waals surface area contributed by atoms with Crippen LogP contribution in [0.15, 0.2) is 27.1 Å². The largest absolute Gasteiger partial charge is 0.383 e. The Bertz CT molecular complexity index is 486. The van der Waals surface area contributed by atoms with Crippen molar-refractivity contribution in [1.29, 1.82) is 0 Å². The van der Waals surface area contributed by atoms with Gasteiger partial charge in [0, 0.05) is 21.2 Å². The fraction of sp³-hybridized carbons (Fsp3) is 0.455. The molecule has 0 aliphatic heterocycles. The number of benzene rings is 1. The molecule has 0 spiro atoms. The number of halogens is 2. The quantitative estimate of drug-likeness (QED) is 0.845. The van der Waals surface area contributed by atoms with Crippen LogP contribution in [-0.4, -0.2) is 26.0 Å². The summed E-state index contributed by atoms with van der Waals surface area (Å²) in [5.41, 5.74) is 0.887. The Morgan fingerprint density at radius 3 is 2.53 bits per heavy atom. The van der Waals surface area contributed by atoms with Gasteiger partial charge in [-0.05, 0) is 48.0 Å². The van der Waals surface area contributed by atoms with Gasteiger partial charge in [0.25, 0.3) is 0 Å². The number of hydrogen-bond donors (Lipinski definition) is 1. The predicted molar refractivity (Wildman–Crippen MR) is 79.3 cm³/mol. The van der Waals surface area contributed by atoms with Crippen molar-refractivity contribution < 1.29 is 8.42 Å². The second-order valence-electron chi connectivity index (χ2n) is 3.97. The lowest BCUT2D eigenvalue weighted by Crippen LogP contribution is -2.23. The maximum atomic E-state index is 11.6. The zero-order chi connectivity index (χ0) is 13.1. The third-order valence-electron chi connectivity index (χ3n) is 2.35. The Balaban J connectivity index is 2.60. The molecule has 96 valence electrons. The monoisotopic (exact) mass is 383 g/mol. The Labute approximate surface area is 119 Å². The van der Waals surface area contributed by atoms with E-state index in [1.807, 2.05) is 18.2 Å². The molecular formula is C11H15Br2NO2S. The third-order valence-corrected chi connectivity index (χ3v) is 5.74. The Morgan fingerprint density at radius 1 is 1.29 bits per heavy atom. The van der Waals surface area contributed by atoms with E-state index in [0.29, 0.717) is 6.54 Å². The molecule has 0 atom stereocenters. The van der Waals surface area contributed by atoms with Gasteiger partial charge in [-0.3, -0.25) is 0 Å². The van der Waals surface area contributed by atoms with Gasteiger partial charge in [0.1, 0.15) is 0 Å². The van der Waals surface area contributed by atoms with Gasteiger partial charge in [0.15, 0.2) is 9.84 Å². The number of hydrogen-bond acceptors (Lipinski definition) is 3. The molecule has 0 fully saturated rings. The summed E-state index contributed by atoms with van der Waals surface area (Å²) in [4.78, 5) is 0. The summed E-state index contributed by atoms with van der Waals surface area (Å²) in [6, 6.07) is 5.73. The highest BCUT2D eigenvalue weighted by Gasteiger charge is 2.15. The summed E-state index contributed by atoms with van der Waals surface area (Å²) in [5.74, 6) is 0.142. The average Bonchev–Trinajstić information content (AvgIpc) is 2.22. The van der Waals surface area contributed by atoms with E-state index < -0.39 is 9.84 Å². The molecule has 1 N–H and O–H groups in total. The minimum atomic E-state index is -2.98. The smallest absolute Gasteiger partial charge is 0.154 e. The van der Waals surface area contributed by atoms with Crippen LogP contribution in [0.1, 0.15) is 13.8 Å². The summed E-state index contributed by atoms with van der Waals surface area (Å²) >= 11 is 6.78. The molecule has 0 bridgehead atoms. The summed E-state index contributed by atoms with van der Waals surface area (Å²) in [6.45, 7) is 3.81. The molecule has 0 radical (unpaired) electrons. The molecule has 1 rings (SSSR count). The number of anilines is 1. The van der Waals surface area contributed by atoms with E-state index in [2.05, 4.69) is 37.2 Å². The first-order chi connectivity index (χ1) is 7.83. The molecular weight excluding hydrogens is 370 g/mol. The van der Waals surface area contributed by atoms with Gasteiger partial charge in [-0.2, -0.15) is 0 Å². The summed E-state index contributed by atoms with van der Waals surface area (Å²) in [7, 11) is -2.98. The topological polar surface area (TPSA) is 46.2 Å². The molecule has 0 heterocycles. The molecule has 1 aromatic rings. The van der Waals surface area contributed by atoms with Gasteiger partial charge in [0.05, 0.1) is 11.0 Å². The zero-order valence-electron chi connectivity index (χ0n) is 9.70. The molecule has 0 unspecified atom stereocenters. The van der Waals surface area contributed by atoms with E-state index in [1.165, 1.54) is 0 Å². The van der Waals surface area contributed by atoms with E-state index in [0.717, 1.165) is 14.6 Å². The van der Waals surface area contributed by atoms with Crippen LogP contribution in [0.3, 0.4) is 0 Å². The first-order valence-electron chi connectivity index (χ1n) is 5.23. The average molecular weight is 385 g/mol. The second-order valence-corrected chi connectivity index (χ2v) is 8.41. The Hall–Kier alpha value is -0.0700.